The van der Waals surface area contributed by atoms with Gasteiger partial charge in [-0.2, -0.15) is 0 Å². The average molecular weight is 488 g/mol. The van der Waals surface area contributed by atoms with Crippen molar-refractivity contribution in [1.82, 2.24) is 15.5 Å². The lowest BCUT2D eigenvalue weighted by Crippen LogP contribution is -2.47. The number of likely N-dealkylation sites (N-methyl/N-ethyl adjacent to an activating group) is 1. The fourth-order valence-electron chi connectivity index (χ4n) is 3.37. The first-order valence-corrected chi connectivity index (χ1v) is 9.09. The standard InChI is InChI=1S/C19H28N4O3.HI/c1-20-19(22-16-10-15-7-8-17(16)26-15)21-11-13-5-4-6-14(9-13)25-12-18(24)23(2)3;/h4-6,9,15-17H,7-8,10-12H2,1-3H3,(H2,20,21,22);1H. The van der Waals surface area contributed by atoms with E-state index in [9.17, 15) is 4.79 Å². The van der Waals surface area contributed by atoms with E-state index in [0.29, 0.717) is 30.5 Å². The lowest BCUT2D eigenvalue weighted by Gasteiger charge is -2.22. The molecule has 0 aliphatic carbocycles. The molecule has 0 aromatic heterocycles. The molecule has 0 saturated carbocycles. The highest BCUT2D eigenvalue weighted by Crippen LogP contribution is 2.34. The van der Waals surface area contributed by atoms with Crippen LogP contribution in [-0.4, -0.2) is 62.8 Å². The molecule has 3 unspecified atom stereocenters. The van der Waals surface area contributed by atoms with Crippen molar-refractivity contribution < 1.29 is 14.3 Å². The molecule has 1 amide bonds. The number of amides is 1. The third-order valence-electron chi connectivity index (χ3n) is 4.87. The number of halogens is 1. The van der Waals surface area contributed by atoms with Gasteiger partial charge in [0.25, 0.3) is 5.91 Å². The van der Waals surface area contributed by atoms with Gasteiger partial charge in [-0.05, 0) is 37.0 Å². The summed E-state index contributed by atoms with van der Waals surface area (Å²) in [6.07, 6.45) is 4.08. The predicted octanol–water partition coefficient (Wildman–Crippen LogP) is 1.76. The summed E-state index contributed by atoms with van der Waals surface area (Å²) in [6.45, 7) is 0.664. The zero-order valence-electron chi connectivity index (χ0n) is 16.1. The maximum Gasteiger partial charge on any atom is 0.259 e. The second-order valence-electron chi connectivity index (χ2n) is 7.01. The molecule has 2 bridgehead atoms. The van der Waals surface area contributed by atoms with Crippen LogP contribution in [0.25, 0.3) is 0 Å². The number of guanidine groups is 1. The van der Waals surface area contributed by atoms with Crippen LogP contribution >= 0.6 is 24.0 Å². The van der Waals surface area contributed by atoms with Gasteiger partial charge in [0.1, 0.15) is 5.75 Å². The van der Waals surface area contributed by atoms with E-state index in [1.807, 2.05) is 24.3 Å². The Kier molecular flexibility index (Phi) is 8.15. The van der Waals surface area contributed by atoms with Crippen molar-refractivity contribution >= 4 is 35.8 Å². The van der Waals surface area contributed by atoms with E-state index >= 15 is 0 Å². The Balaban J connectivity index is 0.00000261. The Morgan fingerprint density at radius 1 is 1.37 bits per heavy atom. The number of carbonyl (C=O) groups excluding carboxylic acids is 1. The predicted molar refractivity (Wildman–Crippen MR) is 116 cm³/mol. The fraction of sp³-hybridized carbons (Fsp3) is 0.579. The average Bonchev–Trinajstić information content (AvgIpc) is 3.26. The van der Waals surface area contributed by atoms with Crippen LogP contribution in [0, 0.1) is 0 Å². The Bertz CT molecular complexity index is 668. The van der Waals surface area contributed by atoms with Crippen molar-refractivity contribution in [3.63, 3.8) is 0 Å². The Labute approximate surface area is 177 Å². The Morgan fingerprint density at radius 3 is 2.81 bits per heavy atom. The minimum Gasteiger partial charge on any atom is -0.484 e. The molecule has 2 aliphatic heterocycles. The number of ether oxygens (including phenoxy) is 2. The summed E-state index contributed by atoms with van der Waals surface area (Å²) in [6, 6.07) is 8.07. The van der Waals surface area contributed by atoms with Crippen LogP contribution in [0.3, 0.4) is 0 Å². The van der Waals surface area contributed by atoms with E-state index in [-0.39, 0.29) is 36.5 Å². The number of benzene rings is 1. The van der Waals surface area contributed by atoms with Gasteiger partial charge in [0.2, 0.25) is 0 Å². The Morgan fingerprint density at radius 2 is 2.19 bits per heavy atom. The summed E-state index contributed by atoms with van der Waals surface area (Å²) in [7, 11) is 5.20. The molecular formula is C19H29IN4O3. The number of nitrogens with zero attached hydrogens (tertiary/aromatic N) is 2. The number of nitrogens with one attached hydrogen (secondary N) is 2. The van der Waals surface area contributed by atoms with Gasteiger partial charge >= 0.3 is 0 Å². The van der Waals surface area contributed by atoms with Crippen LogP contribution in [0.1, 0.15) is 24.8 Å². The van der Waals surface area contributed by atoms with Crippen molar-refractivity contribution in [3.05, 3.63) is 29.8 Å². The first-order valence-electron chi connectivity index (χ1n) is 9.09. The van der Waals surface area contributed by atoms with Gasteiger partial charge in [0, 0.05) is 27.7 Å². The number of hydrogen-bond acceptors (Lipinski definition) is 4. The van der Waals surface area contributed by atoms with E-state index < -0.39 is 0 Å². The van der Waals surface area contributed by atoms with E-state index in [1.165, 1.54) is 11.3 Å². The minimum absolute atomic E-state index is 0. The maximum absolute atomic E-state index is 11.6. The van der Waals surface area contributed by atoms with Crippen LogP contribution in [0.5, 0.6) is 5.75 Å². The summed E-state index contributed by atoms with van der Waals surface area (Å²) in [4.78, 5) is 17.5. The molecule has 0 spiro atoms. The van der Waals surface area contributed by atoms with Gasteiger partial charge in [0.05, 0.1) is 18.2 Å². The molecule has 8 heteroatoms. The zero-order chi connectivity index (χ0) is 18.5. The summed E-state index contributed by atoms with van der Waals surface area (Å²) >= 11 is 0. The molecular weight excluding hydrogens is 459 g/mol. The fourth-order valence-corrected chi connectivity index (χ4v) is 3.37. The lowest BCUT2D eigenvalue weighted by atomic mass is 9.96. The topological polar surface area (TPSA) is 75.2 Å². The molecule has 27 heavy (non-hydrogen) atoms. The van der Waals surface area contributed by atoms with Crippen molar-refractivity contribution in [2.75, 3.05) is 27.7 Å². The molecule has 3 atom stereocenters. The number of rotatable bonds is 6. The molecule has 7 nitrogen and oxygen atoms in total. The highest BCUT2D eigenvalue weighted by Gasteiger charge is 2.41. The summed E-state index contributed by atoms with van der Waals surface area (Å²) in [5, 5.41) is 6.80. The number of aliphatic imine (C=N–C) groups is 1. The van der Waals surface area contributed by atoms with Gasteiger partial charge in [-0.15, -0.1) is 24.0 Å². The van der Waals surface area contributed by atoms with Gasteiger partial charge in [0.15, 0.2) is 12.6 Å². The van der Waals surface area contributed by atoms with Crippen LogP contribution < -0.4 is 15.4 Å². The maximum atomic E-state index is 11.6. The molecule has 2 N–H and O–H groups in total. The van der Waals surface area contributed by atoms with Gasteiger partial charge < -0.3 is 25.0 Å². The van der Waals surface area contributed by atoms with Crippen LogP contribution in [0.4, 0.5) is 0 Å². The largest absolute Gasteiger partial charge is 0.484 e. The summed E-state index contributed by atoms with van der Waals surface area (Å²) < 4.78 is 11.4. The quantitative estimate of drug-likeness (QED) is 0.363. The van der Waals surface area contributed by atoms with Crippen molar-refractivity contribution in [3.8, 4) is 5.75 Å². The highest BCUT2D eigenvalue weighted by atomic mass is 127. The number of fused-ring (bicyclic) bond motifs is 2. The molecule has 0 radical (unpaired) electrons. The third-order valence-corrected chi connectivity index (χ3v) is 4.87. The van der Waals surface area contributed by atoms with E-state index in [1.54, 1.807) is 21.1 Å². The second-order valence-corrected chi connectivity index (χ2v) is 7.01. The molecule has 2 heterocycles. The van der Waals surface area contributed by atoms with Crippen molar-refractivity contribution in [2.24, 2.45) is 4.99 Å². The van der Waals surface area contributed by atoms with Gasteiger partial charge in [-0.1, -0.05) is 12.1 Å². The number of hydrogen-bond donors (Lipinski definition) is 2. The zero-order valence-corrected chi connectivity index (χ0v) is 18.4. The van der Waals surface area contributed by atoms with E-state index in [4.69, 9.17) is 9.47 Å². The molecule has 2 fully saturated rings. The first kappa shape index (κ1) is 21.7. The summed E-state index contributed by atoms with van der Waals surface area (Å²) in [5.74, 6) is 1.40. The highest BCUT2D eigenvalue weighted by molar-refractivity contribution is 14.0. The van der Waals surface area contributed by atoms with E-state index in [0.717, 1.165) is 24.4 Å². The monoisotopic (exact) mass is 488 g/mol. The van der Waals surface area contributed by atoms with Crippen LogP contribution in [-0.2, 0) is 16.1 Å². The molecule has 1 aromatic rings. The van der Waals surface area contributed by atoms with Crippen LogP contribution in [0.2, 0.25) is 0 Å². The van der Waals surface area contributed by atoms with Crippen LogP contribution in [0.15, 0.2) is 29.3 Å². The summed E-state index contributed by atoms with van der Waals surface area (Å²) in [5.41, 5.74) is 1.06. The molecule has 1 aromatic carbocycles. The van der Waals surface area contributed by atoms with Crippen molar-refractivity contribution in [1.29, 1.82) is 0 Å². The Hall–Kier alpha value is -1.55. The molecule has 3 rings (SSSR count). The first-order chi connectivity index (χ1) is 12.5. The van der Waals surface area contributed by atoms with E-state index in [2.05, 4.69) is 15.6 Å². The molecule has 150 valence electrons. The molecule has 2 saturated heterocycles. The minimum atomic E-state index is -0.0637. The molecule has 2 aliphatic rings. The normalized spacial score (nSPS) is 23.5. The van der Waals surface area contributed by atoms with Gasteiger partial charge in [-0.25, -0.2) is 0 Å². The van der Waals surface area contributed by atoms with Crippen molar-refractivity contribution in [2.45, 2.75) is 44.1 Å². The lowest BCUT2D eigenvalue weighted by molar-refractivity contribution is -0.130. The SMILES string of the molecule is CN=C(NCc1cccc(OCC(=O)N(C)C)c1)NC1CC2CCC1O2.I. The number of carbonyl (C=O) groups is 1. The second kappa shape index (κ2) is 10.1. The van der Waals surface area contributed by atoms with Gasteiger partial charge in [-0.3, -0.25) is 9.79 Å². The smallest absolute Gasteiger partial charge is 0.259 e. The third kappa shape index (κ3) is 5.97.